The molecule has 4 aromatic heterocycles. The Morgan fingerprint density at radius 3 is 1.40 bits per heavy atom. The lowest BCUT2D eigenvalue weighted by molar-refractivity contribution is -0.164. The first kappa shape index (κ1) is 77.1. The average molecular weight is 1400 g/mol. The molecule has 4 aromatic carbocycles. The summed E-state index contributed by atoms with van der Waals surface area (Å²) >= 11 is 0. The number of ether oxygens (including phenoxy) is 8. The zero-order valence-electron chi connectivity index (χ0n) is 62.4. The van der Waals surface area contributed by atoms with Gasteiger partial charge in [0.05, 0.1) is 84.6 Å². The highest BCUT2D eigenvalue weighted by atomic mass is 19.1. The number of carbonyl (C=O) groups excluding carboxylic acids is 2. The number of piperidine rings is 2. The average Bonchev–Trinajstić information content (AvgIpc) is 1.51. The zero-order valence-corrected chi connectivity index (χ0v) is 62.4. The van der Waals surface area contributed by atoms with Gasteiger partial charge in [-0.3, -0.25) is 0 Å². The van der Waals surface area contributed by atoms with E-state index in [0.29, 0.717) is 131 Å². The van der Waals surface area contributed by atoms with Crippen molar-refractivity contribution in [1.82, 2.24) is 29.2 Å². The molecule has 20 heteroatoms. The number of aryl methyl sites for hydroxylation is 3. The molecular weight excluding hydrogens is 1290 g/mol. The molecule has 0 saturated carbocycles. The van der Waals surface area contributed by atoms with Crippen LogP contribution < -0.4 is 19.3 Å². The van der Waals surface area contributed by atoms with Crippen LogP contribution in [0.5, 0.6) is 11.5 Å². The molecule has 8 aromatic rings. The largest absolute Gasteiger partial charge is 0.490 e. The number of esters is 2. The van der Waals surface area contributed by atoms with Crippen LogP contribution in [0.2, 0.25) is 0 Å². The van der Waals surface area contributed by atoms with Crippen molar-refractivity contribution in [3.63, 3.8) is 0 Å². The second kappa shape index (κ2) is 32.5. The van der Waals surface area contributed by atoms with Gasteiger partial charge in [-0.05, 0) is 181 Å². The molecule has 0 radical (unpaired) electrons. The standard InChI is InChI=1S/2C41H51FN4O5/c1-11-14-27(4)50-34-22-26(3)32(42)24-31(34)29-15-13-16-30(23-29)33-25-35-43-28(5)36(37(39(47)48-10)51-40(6,7)8)38(46(35)44-33)45-19-17-41(9,18-20-45)49-21-12-2;1-11-14-26(3)50-33-18-17-31(42)27(4)35(33)30-16-13-15-29(24-30)32-25-34-43-28(5)36(37(39(47)48-10)51-40(6,7)8)38(46(34)44-32)45-21-19-41(9,20-22-45)49-23-12-2/h11-13,15-16,22-25,27,37H,1-2,14,17-21H2,3-10H3;11-13,15-18,24-26,37H,1-2,14,19-23H2,3-10H3/t27-,37-;26-,37-/m00/s1. The zero-order chi connectivity index (χ0) is 74.2. The number of benzene rings is 4. The van der Waals surface area contributed by atoms with Gasteiger partial charge in [0.2, 0.25) is 0 Å². The summed E-state index contributed by atoms with van der Waals surface area (Å²) in [7, 11) is 2.72. The van der Waals surface area contributed by atoms with Crippen LogP contribution in [-0.4, -0.2) is 129 Å². The van der Waals surface area contributed by atoms with Gasteiger partial charge in [-0.1, -0.05) is 60.7 Å². The normalized spacial score (nSPS) is 15.7. The highest BCUT2D eigenvalue weighted by Crippen LogP contribution is 2.44. The third-order valence-electron chi connectivity index (χ3n) is 18.4. The molecular formula is C82H102F2N8O10. The summed E-state index contributed by atoms with van der Waals surface area (Å²) < 4.78 is 81.8. The predicted octanol–water partition coefficient (Wildman–Crippen LogP) is 17.5. The third kappa shape index (κ3) is 18.0. The first-order chi connectivity index (χ1) is 48.3. The molecule has 4 atom stereocenters. The van der Waals surface area contributed by atoms with Crippen LogP contribution in [0.4, 0.5) is 20.4 Å². The Hall–Kier alpha value is -9.08. The van der Waals surface area contributed by atoms with Crippen molar-refractivity contribution in [3.8, 4) is 56.3 Å². The molecule has 0 unspecified atom stereocenters. The summed E-state index contributed by atoms with van der Waals surface area (Å²) in [4.78, 5) is 41.2. The summed E-state index contributed by atoms with van der Waals surface area (Å²) in [5, 5.41) is 10.2. The van der Waals surface area contributed by atoms with Gasteiger partial charge in [-0.2, -0.15) is 19.2 Å². The molecule has 18 nitrogen and oxygen atoms in total. The molecule has 0 amide bonds. The van der Waals surface area contributed by atoms with Crippen molar-refractivity contribution in [2.75, 3.05) is 63.4 Å². The molecule has 0 spiro atoms. The Kier molecular flexibility index (Phi) is 24.6. The van der Waals surface area contributed by atoms with Crippen LogP contribution >= 0.6 is 0 Å². The quantitative estimate of drug-likeness (QED) is 0.0369. The number of halogens is 2. The van der Waals surface area contributed by atoms with Gasteiger partial charge in [0.25, 0.3) is 0 Å². The molecule has 102 heavy (non-hydrogen) atoms. The fraction of sp³-hybridized carbons (Fsp3) is 0.439. The lowest BCUT2D eigenvalue weighted by Crippen LogP contribution is -2.45. The Morgan fingerprint density at radius 2 is 0.980 bits per heavy atom. The van der Waals surface area contributed by atoms with Crippen LogP contribution in [-0.2, 0) is 38.0 Å². The van der Waals surface area contributed by atoms with Crippen LogP contribution in [0.25, 0.3) is 56.1 Å². The number of hydrogen-bond acceptors (Lipinski definition) is 16. The van der Waals surface area contributed by atoms with Crippen molar-refractivity contribution in [2.24, 2.45) is 0 Å². The highest BCUT2D eigenvalue weighted by Gasteiger charge is 2.41. The SMILES string of the molecule is C=CCOC1(C)CCN(c2c([C@H](OC(C)(C)C)C(=O)OC)c(C)nc3cc(-c4cccc(-c5c(O[C@@H](C)CC=C)ccc(F)c5C)c4)nn23)CC1.C=CCOC1(C)CCN(c2c([C@H](OC(C)(C)C)C(=O)OC)c(C)nc3cc(-c4cccc(-c5cc(F)c(C)cc5O[C@@H](C)CC=C)c4)nn23)CC1. The summed E-state index contributed by atoms with van der Waals surface area (Å²) in [6.45, 7) is 45.7. The maximum atomic E-state index is 15.0. The van der Waals surface area contributed by atoms with Gasteiger partial charge in [0.15, 0.2) is 23.5 Å². The lowest BCUT2D eigenvalue weighted by Gasteiger charge is -2.41. The minimum atomic E-state index is -1.04. The molecule has 10 rings (SSSR count). The number of methoxy groups -OCH3 is 2. The minimum absolute atomic E-state index is 0.132. The number of nitrogens with zero attached hydrogens (tertiary/aromatic N) is 8. The third-order valence-corrected chi connectivity index (χ3v) is 18.4. The fourth-order valence-corrected chi connectivity index (χ4v) is 13.1. The van der Waals surface area contributed by atoms with Crippen molar-refractivity contribution in [2.45, 2.75) is 182 Å². The maximum Gasteiger partial charge on any atom is 0.339 e. The topological polar surface area (TPSA) is 175 Å². The van der Waals surface area contributed by atoms with Crippen LogP contribution in [0.1, 0.15) is 154 Å². The van der Waals surface area contributed by atoms with Crippen molar-refractivity contribution >= 4 is 34.9 Å². The molecule has 0 aliphatic carbocycles. The van der Waals surface area contributed by atoms with E-state index in [4.69, 9.17) is 58.1 Å². The van der Waals surface area contributed by atoms with E-state index < -0.39 is 35.3 Å². The summed E-state index contributed by atoms with van der Waals surface area (Å²) in [6, 6.07) is 25.9. The number of rotatable bonds is 26. The van der Waals surface area contributed by atoms with Crippen molar-refractivity contribution in [1.29, 1.82) is 0 Å². The van der Waals surface area contributed by atoms with E-state index in [0.717, 1.165) is 59.6 Å². The fourth-order valence-electron chi connectivity index (χ4n) is 13.1. The van der Waals surface area contributed by atoms with Crippen LogP contribution in [0, 0.1) is 39.3 Å². The Balaban J connectivity index is 0.000000237. The number of carbonyl (C=O) groups is 2. The van der Waals surface area contributed by atoms with E-state index in [1.165, 1.54) is 26.4 Å². The Labute approximate surface area is 600 Å². The minimum Gasteiger partial charge on any atom is -0.490 e. The van der Waals surface area contributed by atoms with E-state index in [9.17, 15) is 18.4 Å². The Morgan fingerprint density at radius 1 is 0.559 bits per heavy atom. The summed E-state index contributed by atoms with van der Waals surface area (Å²) in [6.07, 6.45) is 9.14. The van der Waals surface area contributed by atoms with E-state index >= 15 is 0 Å². The van der Waals surface area contributed by atoms with Gasteiger partial charge >= 0.3 is 11.9 Å². The Bertz CT molecular complexity index is 4340. The van der Waals surface area contributed by atoms with Gasteiger partial charge in [0, 0.05) is 84.8 Å². The van der Waals surface area contributed by atoms with E-state index in [-0.39, 0.29) is 35.0 Å². The lowest BCUT2D eigenvalue weighted by atomic mass is 9.92. The van der Waals surface area contributed by atoms with Crippen molar-refractivity contribution < 1.29 is 56.3 Å². The first-order valence-electron chi connectivity index (χ1n) is 35.0. The summed E-state index contributed by atoms with van der Waals surface area (Å²) in [5.74, 6) is 0.983. The van der Waals surface area contributed by atoms with E-state index in [2.05, 4.69) is 50.0 Å². The predicted molar refractivity (Wildman–Crippen MR) is 400 cm³/mol. The molecule has 2 aliphatic heterocycles. The first-order valence-corrected chi connectivity index (χ1v) is 35.0. The number of anilines is 2. The van der Waals surface area contributed by atoms with Gasteiger partial charge in [-0.15, -0.1) is 26.3 Å². The van der Waals surface area contributed by atoms with Gasteiger partial charge in [0.1, 0.15) is 34.8 Å². The monoisotopic (exact) mass is 1400 g/mol. The van der Waals surface area contributed by atoms with Gasteiger partial charge < -0.3 is 47.7 Å². The summed E-state index contributed by atoms with van der Waals surface area (Å²) in [5.41, 5.74) is 8.66. The highest BCUT2D eigenvalue weighted by molar-refractivity contribution is 5.83. The molecule has 2 aliphatic rings. The molecule has 2 saturated heterocycles. The smallest absolute Gasteiger partial charge is 0.339 e. The van der Waals surface area contributed by atoms with Crippen LogP contribution in [0.15, 0.2) is 136 Å². The van der Waals surface area contributed by atoms with E-state index in [1.54, 1.807) is 47.2 Å². The molecule has 2 fully saturated rings. The van der Waals surface area contributed by atoms with E-state index in [1.807, 2.05) is 142 Å². The second-order valence-corrected chi connectivity index (χ2v) is 29.0. The molecule has 0 bridgehead atoms. The maximum absolute atomic E-state index is 15.0. The van der Waals surface area contributed by atoms with Crippen LogP contribution in [0.3, 0.4) is 0 Å². The molecule has 0 N–H and O–H groups in total. The number of hydrogen-bond donors (Lipinski definition) is 0. The molecule has 544 valence electrons. The number of fused-ring (bicyclic) bond motifs is 2. The number of aromatic nitrogens is 6. The van der Waals surface area contributed by atoms with Crippen molar-refractivity contribution in [3.05, 3.63) is 181 Å². The van der Waals surface area contributed by atoms with Gasteiger partial charge in [-0.25, -0.2) is 28.3 Å². The second-order valence-electron chi connectivity index (χ2n) is 29.0. The molecule has 6 heterocycles.